The summed E-state index contributed by atoms with van der Waals surface area (Å²) in [4.78, 5) is 16.0. The highest BCUT2D eigenvalue weighted by Crippen LogP contribution is 2.34. The Hall–Kier alpha value is -0.620. The van der Waals surface area contributed by atoms with Crippen LogP contribution >= 0.6 is 23.7 Å². The second-order valence-corrected chi connectivity index (χ2v) is 6.32. The van der Waals surface area contributed by atoms with Gasteiger partial charge in [-0.05, 0) is 43.2 Å². The third-order valence-electron chi connectivity index (χ3n) is 4.21. The van der Waals surface area contributed by atoms with Crippen LogP contribution in [0.4, 0.5) is 0 Å². The zero-order valence-electron chi connectivity index (χ0n) is 11.6. The van der Waals surface area contributed by atoms with Crippen molar-refractivity contribution in [3.05, 3.63) is 21.9 Å². The number of thiophene rings is 1. The van der Waals surface area contributed by atoms with E-state index in [9.17, 15) is 4.79 Å². The van der Waals surface area contributed by atoms with Gasteiger partial charge < -0.3 is 15.4 Å². The Morgan fingerprint density at radius 1 is 1.55 bits per heavy atom. The molecule has 6 heteroatoms. The first-order chi connectivity index (χ1) is 9.20. The molecule has 3 atom stereocenters. The molecule has 1 saturated heterocycles. The van der Waals surface area contributed by atoms with Gasteiger partial charge in [0.1, 0.15) is 6.10 Å². The van der Waals surface area contributed by atoms with Crippen molar-refractivity contribution < 1.29 is 9.53 Å². The number of rotatable bonds is 2. The number of hydrogen-bond donors (Lipinski definition) is 1. The largest absolute Gasteiger partial charge is 0.364 e. The van der Waals surface area contributed by atoms with E-state index in [2.05, 4.69) is 18.4 Å². The van der Waals surface area contributed by atoms with Crippen LogP contribution in [0, 0.1) is 0 Å². The van der Waals surface area contributed by atoms with E-state index in [0.29, 0.717) is 6.54 Å². The number of nitrogens with zero attached hydrogens (tertiary/aromatic N) is 1. The lowest BCUT2D eigenvalue weighted by Gasteiger charge is -2.35. The summed E-state index contributed by atoms with van der Waals surface area (Å²) in [6.07, 6.45) is 2.46. The Balaban J connectivity index is 0.00000147. The summed E-state index contributed by atoms with van der Waals surface area (Å²) < 4.78 is 5.73. The van der Waals surface area contributed by atoms with Crippen LogP contribution < -0.4 is 5.73 Å². The third-order valence-corrected chi connectivity index (χ3v) is 5.20. The second kappa shape index (κ2) is 6.43. The van der Waals surface area contributed by atoms with Gasteiger partial charge in [0.2, 0.25) is 0 Å². The Morgan fingerprint density at radius 2 is 2.35 bits per heavy atom. The maximum atomic E-state index is 12.6. The molecule has 1 unspecified atom stereocenters. The van der Waals surface area contributed by atoms with Crippen LogP contribution in [0.2, 0.25) is 0 Å². The van der Waals surface area contributed by atoms with Gasteiger partial charge in [0, 0.05) is 18.0 Å². The topological polar surface area (TPSA) is 55.6 Å². The summed E-state index contributed by atoms with van der Waals surface area (Å²) in [5, 5.41) is 2.12. The molecule has 3 heterocycles. The first kappa shape index (κ1) is 15.8. The van der Waals surface area contributed by atoms with Crippen LogP contribution in [0.5, 0.6) is 0 Å². The molecule has 1 fully saturated rings. The van der Waals surface area contributed by atoms with Crippen molar-refractivity contribution in [2.45, 2.75) is 44.4 Å². The van der Waals surface area contributed by atoms with E-state index < -0.39 is 0 Å². The minimum absolute atomic E-state index is 0. The number of carbonyl (C=O) groups excluding carboxylic acids is 1. The normalized spacial score (nSPS) is 28.9. The zero-order chi connectivity index (χ0) is 13.4. The highest BCUT2D eigenvalue weighted by molar-refractivity contribution is 7.10. The number of amides is 1. The Bertz CT molecular complexity index is 479. The molecular weight excluding hydrogens is 296 g/mol. The lowest BCUT2D eigenvalue weighted by molar-refractivity contribution is -0.145. The first-order valence-electron chi connectivity index (χ1n) is 6.93. The molecule has 0 aromatic carbocycles. The van der Waals surface area contributed by atoms with Crippen LogP contribution in [-0.4, -0.2) is 36.1 Å². The number of halogens is 1. The predicted octanol–water partition coefficient (Wildman–Crippen LogP) is 2.12. The van der Waals surface area contributed by atoms with Crippen LogP contribution in [0.3, 0.4) is 0 Å². The van der Waals surface area contributed by atoms with Crippen LogP contribution in [0.1, 0.15) is 36.2 Å². The van der Waals surface area contributed by atoms with Crippen molar-refractivity contribution in [1.82, 2.24) is 4.90 Å². The molecule has 2 aliphatic rings. The maximum absolute atomic E-state index is 12.6. The van der Waals surface area contributed by atoms with E-state index in [4.69, 9.17) is 10.5 Å². The van der Waals surface area contributed by atoms with E-state index in [-0.39, 0.29) is 36.6 Å². The lowest BCUT2D eigenvalue weighted by atomic mass is 10.0. The maximum Gasteiger partial charge on any atom is 0.252 e. The molecule has 4 nitrogen and oxygen atoms in total. The van der Waals surface area contributed by atoms with E-state index in [0.717, 1.165) is 25.8 Å². The number of hydrogen-bond acceptors (Lipinski definition) is 4. The number of carbonyl (C=O) groups is 1. The third kappa shape index (κ3) is 2.72. The molecule has 2 N–H and O–H groups in total. The van der Waals surface area contributed by atoms with Crippen molar-refractivity contribution in [2.75, 3.05) is 13.1 Å². The fraction of sp³-hybridized carbons (Fsp3) is 0.643. The molecule has 0 radical (unpaired) electrons. The minimum atomic E-state index is -0.281. The van der Waals surface area contributed by atoms with Gasteiger partial charge in [-0.15, -0.1) is 23.7 Å². The summed E-state index contributed by atoms with van der Waals surface area (Å²) in [6, 6.07) is 2.31. The van der Waals surface area contributed by atoms with Crippen LogP contribution in [0.25, 0.3) is 0 Å². The van der Waals surface area contributed by atoms with Gasteiger partial charge >= 0.3 is 0 Å². The molecule has 1 aromatic heterocycles. The van der Waals surface area contributed by atoms with Gasteiger partial charge in [-0.25, -0.2) is 0 Å². The highest BCUT2D eigenvalue weighted by Gasteiger charge is 2.36. The summed E-state index contributed by atoms with van der Waals surface area (Å²) in [5.74, 6) is 0.139. The first-order valence-corrected chi connectivity index (χ1v) is 7.81. The monoisotopic (exact) mass is 316 g/mol. The quantitative estimate of drug-likeness (QED) is 0.909. The minimum Gasteiger partial charge on any atom is -0.364 e. The van der Waals surface area contributed by atoms with E-state index in [1.54, 1.807) is 11.3 Å². The fourth-order valence-corrected chi connectivity index (χ4v) is 4.02. The predicted molar refractivity (Wildman–Crippen MR) is 82.3 cm³/mol. The molecule has 1 aromatic rings. The fourth-order valence-electron chi connectivity index (χ4n) is 3.06. The molecular formula is C14H21ClN2O2S. The smallest absolute Gasteiger partial charge is 0.252 e. The Kier molecular flexibility index (Phi) is 5.07. The Morgan fingerprint density at radius 3 is 3.05 bits per heavy atom. The van der Waals surface area contributed by atoms with Crippen molar-refractivity contribution in [2.24, 2.45) is 5.73 Å². The molecule has 3 rings (SSSR count). The number of nitrogens with two attached hydrogens (primary N) is 1. The van der Waals surface area contributed by atoms with Crippen molar-refractivity contribution >= 4 is 29.7 Å². The summed E-state index contributed by atoms with van der Waals surface area (Å²) in [7, 11) is 0. The zero-order valence-corrected chi connectivity index (χ0v) is 13.2. The van der Waals surface area contributed by atoms with E-state index in [1.165, 1.54) is 10.4 Å². The summed E-state index contributed by atoms with van der Waals surface area (Å²) in [5.41, 5.74) is 6.91. The summed E-state index contributed by atoms with van der Waals surface area (Å²) >= 11 is 1.79. The molecule has 1 amide bonds. The van der Waals surface area contributed by atoms with Crippen LogP contribution in [0.15, 0.2) is 11.4 Å². The van der Waals surface area contributed by atoms with Crippen LogP contribution in [-0.2, 0) is 16.0 Å². The average molecular weight is 317 g/mol. The number of ether oxygens (including phenoxy) is 1. The molecule has 2 aliphatic heterocycles. The van der Waals surface area contributed by atoms with Crippen molar-refractivity contribution in [3.63, 3.8) is 0 Å². The van der Waals surface area contributed by atoms with E-state index in [1.807, 2.05) is 4.90 Å². The molecule has 20 heavy (non-hydrogen) atoms. The van der Waals surface area contributed by atoms with Gasteiger partial charge in [-0.2, -0.15) is 0 Å². The summed E-state index contributed by atoms with van der Waals surface area (Å²) in [6.45, 7) is 3.42. The van der Waals surface area contributed by atoms with Crippen molar-refractivity contribution in [3.8, 4) is 0 Å². The second-order valence-electron chi connectivity index (χ2n) is 5.32. The van der Waals surface area contributed by atoms with Gasteiger partial charge in [-0.3, -0.25) is 4.79 Å². The lowest BCUT2D eigenvalue weighted by Crippen LogP contribution is -2.44. The highest BCUT2D eigenvalue weighted by atomic mass is 35.5. The molecule has 0 bridgehead atoms. The molecule has 0 saturated carbocycles. The van der Waals surface area contributed by atoms with E-state index >= 15 is 0 Å². The van der Waals surface area contributed by atoms with Gasteiger partial charge in [0.05, 0.1) is 12.1 Å². The molecule has 0 aliphatic carbocycles. The van der Waals surface area contributed by atoms with Gasteiger partial charge in [-0.1, -0.05) is 0 Å². The van der Waals surface area contributed by atoms with Crippen molar-refractivity contribution in [1.29, 1.82) is 0 Å². The number of fused-ring (bicyclic) bond motifs is 1. The average Bonchev–Trinajstić information content (AvgIpc) is 3.07. The SMILES string of the molecule is CC1c2ccsc2CCN1C(=O)[C@@H]1CC[C@H](CN)O1.Cl. The molecule has 112 valence electrons. The standard InChI is InChI=1S/C14H20N2O2S.ClH/c1-9-11-5-7-19-13(11)4-6-16(9)14(17)12-3-2-10(8-15)18-12;/h5,7,9-10,12H,2-4,6,8,15H2,1H3;1H/t9?,10-,12+;/m1./s1. The van der Waals surface area contributed by atoms with Gasteiger partial charge in [0.15, 0.2) is 0 Å². The molecule has 0 spiro atoms. The Labute approximate surface area is 129 Å². The van der Waals surface area contributed by atoms with Gasteiger partial charge in [0.25, 0.3) is 5.91 Å².